The molecule has 1 aromatic carbocycles. The minimum absolute atomic E-state index is 0.0212. The highest BCUT2D eigenvalue weighted by Gasteiger charge is 2.21. The molecule has 1 saturated carbocycles. The van der Waals surface area contributed by atoms with Crippen molar-refractivity contribution in [3.63, 3.8) is 0 Å². The standard InChI is InChI=1S/C19H22N2O3S/c1-13(21-14(2)22)3-10-18-11-20-19(25-18)24-17-8-6-16(7-9-17)23-12-15-4-5-15/h3,6-11,13,15H,4-5,12H2,1-2H3,(H,21,22)/b10-3+/t13-/m0/s1. The molecule has 132 valence electrons. The number of rotatable bonds is 8. The maximum Gasteiger partial charge on any atom is 0.279 e. The molecule has 3 rings (SSSR count). The Balaban J connectivity index is 1.51. The Labute approximate surface area is 151 Å². The monoisotopic (exact) mass is 358 g/mol. The summed E-state index contributed by atoms with van der Waals surface area (Å²) in [6, 6.07) is 7.59. The van der Waals surface area contributed by atoms with Crippen LogP contribution in [0, 0.1) is 5.92 Å². The molecule has 0 bridgehead atoms. The van der Waals surface area contributed by atoms with Gasteiger partial charge in [0.05, 0.1) is 11.5 Å². The van der Waals surface area contributed by atoms with Crippen molar-refractivity contribution in [2.45, 2.75) is 32.7 Å². The van der Waals surface area contributed by atoms with Gasteiger partial charge in [-0.1, -0.05) is 17.4 Å². The number of hydrogen-bond donors (Lipinski definition) is 1. The fourth-order valence-electron chi connectivity index (χ4n) is 2.21. The zero-order chi connectivity index (χ0) is 17.6. The van der Waals surface area contributed by atoms with Gasteiger partial charge in [0.2, 0.25) is 5.91 Å². The molecule has 6 heteroatoms. The average Bonchev–Trinajstić information content (AvgIpc) is 3.30. The summed E-state index contributed by atoms with van der Waals surface area (Å²) in [6.45, 7) is 4.23. The first-order valence-corrected chi connectivity index (χ1v) is 9.22. The minimum atomic E-state index is -0.0463. The maximum absolute atomic E-state index is 11.0. The first-order chi connectivity index (χ1) is 12.1. The summed E-state index contributed by atoms with van der Waals surface area (Å²) in [5.41, 5.74) is 0. The second kappa shape index (κ2) is 8.16. The maximum atomic E-state index is 11.0. The molecule has 1 aliphatic carbocycles. The Morgan fingerprint density at radius 3 is 2.76 bits per heavy atom. The van der Waals surface area contributed by atoms with Gasteiger partial charge in [-0.15, -0.1) is 0 Å². The Morgan fingerprint density at radius 1 is 1.36 bits per heavy atom. The van der Waals surface area contributed by atoms with Crippen molar-refractivity contribution in [1.29, 1.82) is 0 Å². The zero-order valence-corrected chi connectivity index (χ0v) is 15.2. The molecule has 25 heavy (non-hydrogen) atoms. The van der Waals surface area contributed by atoms with Gasteiger partial charge in [-0.05, 0) is 56.0 Å². The lowest BCUT2D eigenvalue weighted by molar-refractivity contribution is -0.119. The first kappa shape index (κ1) is 17.5. The predicted octanol–water partition coefficient (Wildman–Crippen LogP) is 4.26. The number of hydrogen-bond acceptors (Lipinski definition) is 5. The third-order valence-electron chi connectivity index (χ3n) is 3.69. The van der Waals surface area contributed by atoms with Gasteiger partial charge >= 0.3 is 0 Å². The van der Waals surface area contributed by atoms with Crippen LogP contribution in [0.1, 0.15) is 31.6 Å². The molecule has 1 fully saturated rings. The molecule has 0 unspecified atom stereocenters. The summed E-state index contributed by atoms with van der Waals surface area (Å²) in [6.07, 6.45) is 8.17. The fourth-order valence-corrected chi connectivity index (χ4v) is 2.90. The van der Waals surface area contributed by atoms with E-state index in [-0.39, 0.29) is 11.9 Å². The van der Waals surface area contributed by atoms with Crippen molar-refractivity contribution >= 4 is 23.3 Å². The van der Waals surface area contributed by atoms with Crippen LogP contribution in [0.15, 0.2) is 36.5 Å². The van der Waals surface area contributed by atoms with Gasteiger partial charge in [0.25, 0.3) is 5.19 Å². The van der Waals surface area contributed by atoms with Gasteiger partial charge in [-0.2, -0.15) is 0 Å². The number of carbonyl (C=O) groups is 1. The van der Waals surface area contributed by atoms with Crippen molar-refractivity contribution in [2.75, 3.05) is 6.61 Å². The summed E-state index contributed by atoms with van der Waals surface area (Å²) >= 11 is 1.45. The molecular weight excluding hydrogens is 336 g/mol. The molecule has 5 nitrogen and oxygen atoms in total. The van der Waals surface area contributed by atoms with Crippen molar-refractivity contribution in [1.82, 2.24) is 10.3 Å². The second-order valence-electron chi connectivity index (χ2n) is 6.20. The normalized spacial score (nSPS) is 15.1. The molecule has 2 aromatic rings. The number of aromatic nitrogens is 1. The molecule has 1 aromatic heterocycles. The van der Waals surface area contributed by atoms with Gasteiger partial charge in [-0.3, -0.25) is 4.79 Å². The van der Waals surface area contributed by atoms with Crippen LogP contribution in [0.5, 0.6) is 16.7 Å². The molecule has 0 aliphatic heterocycles. The van der Waals surface area contributed by atoms with E-state index in [4.69, 9.17) is 9.47 Å². The Bertz CT molecular complexity index is 735. The van der Waals surface area contributed by atoms with E-state index in [1.807, 2.05) is 43.3 Å². The Kier molecular flexibility index (Phi) is 5.71. The second-order valence-corrected chi connectivity index (χ2v) is 7.23. The van der Waals surface area contributed by atoms with Gasteiger partial charge < -0.3 is 14.8 Å². The lowest BCUT2D eigenvalue weighted by Gasteiger charge is -2.06. The van der Waals surface area contributed by atoms with E-state index in [2.05, 4.69) is 10.3 Å². The molecule has 1 N–H and O–H groups in total. The lowest BCUT2D eigenvalue weighted by atomic mass is 10.3. The number of nitrogens with zero attached hydrogens (tertiary/aromatic N) is 1. The van der Waals surface area contributed by atoms with Crippen molar-refractivity contribution in [3.8, 4) is 16.7 Å². The van der Waals surface area contributed by atoms with E-state index < -0.39 is 0 Å². The van der Waals surface area contributed by atoms with Gasteiger partial charge in [0, 0.05) is 19.2 Å². The highest BCUT2D eigenvalue weighted by Crippen LogP contribution is 2.31. The lowest BCUT2D eigenvalue weighted by Crippen LogP contribution is -2.28. The quantitative estimate of drug-likeness (QED) is 0.766. The summed E-state index contributed by atoms with van der Waals surface area (Å²) in [7, 11) is 0. The summed E-state index contributed by atoms with van der Waals surface area (Å²) in [5.74, 6) is 2.30. The number of nitrogens with one attached hydrogen (secondary N) is 1. The van der Waals surface area contributed by atoms with Crippen LogP contribution in [0.4, 0.5) is 0 Å². The summed E-state index contributed by atoms with van der Waals surface area (Å²) in [5, 5.41) is 3.38. The van der Waals surface area contributed by atoms with E-state index >= 15 is 0 Å². The number of amides is 1. The topological polar surface area (TPSA) is 60.5 Å². The molecule has 1 heterocycles. The molecule has 1 aliphatic rings. The minimum Gasteiger partial charge on any atom is -0.493 e. The third-order valence-corrected chi connectivity index (χ3v) is 4.53. The number of benzene rings is 1. The highest BCUT2D eigenvalue weighted by molar-refractivity contribution is 7.14. The largest absolute Gasteiger partial charge is 0.493 e. The predicted molar refractivity (Wildman–Crippen MR) is 99.2 cm³/mol. The third kappa shape index (κ3) is 5.90. The zero-order valence-electron chi connectivity index (χ0n) is 14.4. The smallest absolute Gasteiger partial charge is 0.279 e. The fraction of sp³-hybridized carbons (Fsp3) is 0.368. The van der Waals surface area contributed by atoms with Crippen LogP contribution in [-0.4, -0.2) is 23.5 Å². The van der Waals surface area contributed by atoms with E-state index in [1.165, 1.54) is 31.1 Å². The van der Waals surface area contributed by atoms with Gasteiger partial charge in [0.15, 0.2) is 0 Å². The van der Waals surface area contributed by atoms with Crippen LogP contribution in [0.2, 0.25) is 0 Å². The van der Waals surface area contributed by atoms with E-state index in [1.54, 1.807) is 6.20 Å². The van der Waals surface area contributed by atoms with Crippen LogP contribution in [-0.2, 0) is 4.79 Å². The molecular formula is C19H22N2O3S. The first-order valence-electron chi connectivity index (χ1n) is 8.40. The molecule has 1 amide bonds. The average molecular weight is 358 g/mol. The van der Waals surface area contributed by atoms with Crippen LogP contribution >= 0.6 is 11.3 Å². The number of carbonyl (C=O) groups excluding carboxylic acids is 1. The number of thiazole rings is 1. The summed E-state index contributed by atoms with van der Waals surface area (Å²) in [4.78, 5) is 16.2. The van der Waals surface area contributed by atoms with Crippen LogP contribution in [0.25, 0.3) is 6.08 Å². The van der Waals surface area contributed by atoms with E-state index in [0.717, 1.165) is 28.9 Å². The van der Waals surface area contributed by atoms with Crippen LogP contribution in [0.3, 0.4) is 0 Å². The SMILES string of the molecule is CC(=O)N[C@@H](C)/C=C/c1cnc(Oc2ccc(OCC3CC3)cc2)s1. The molecule has 1 atom stereocenters. The highest BCUT2D eigenvalue weighted by atomic mass is 32.1. The van der Waals surface area contributed by atoms with Crippen LogP contribution < -0.4 is 14.8 Å². The number of ether oxygens (including phenoxy) is 2. The molecule has 0 radical (unpaired) electrons. The Hall–Kier alpha value is -2.34. The molecule has 0 saturated heterocycles. The van der Waals surface area contributed by atoms with Gasteiger partial charge in [-0.25, -0.2) is 4.98 Å². The Morgan fingerprint density at radius 2 is 2.08 bits per heavy atom. The van der Waals surface area contributed by atoms with E-state index in [0.29, 0.717) is 5.19 Å². The van der Waals surface area contributed by atoms with Crippen molar-refractivity contribution in [3.05, 3.63) is 41.4 Å². The summed E-state index contributed by atoms with van der Waals surface area (Å²) < 4.78 is 11.5. The van der Waals surface area contributed by atoms with Crippen molar-refractivity contribution < 1.29 is 14.3 Å². The van der Waals surface area contributed by atoms with E-state index in [9.17, 15) is 4.79 Å². The molecule has 0 spiro atoms. The van der Waals surface area contributed by atoms with Gasteiger partial charge in [0.1, 0.15) is 11.5 Å². The van der Waals surface area contributed by atoms with Crippen molar-refractivity contribution in [2.24, 2.45) is 5.92 Å².